The van der Waals surface area contributed by atoms with Gasteiger partial charge in [-0.2, -0.15) is 0 Å². The number of hydrogen-bond acceptors (Lipinski definition) is 4. The van der Waals surface area contributed by atoms with E-state index in [0.717, 1.165) is 23.3 Å². The minimum absolute atomic E-state index is 0.134. The summed E-state index contributed by atoms with van der Waals surface area (Å²) in [5, 5.41) is 10.8. The summed E-state index contributed by atoms with van der Waals surface area (Å²) in [7, 11) is 1.51. The van der Waals surface area contributed by atoms with Gasteiger partial charge in [-0.05, 0) is 49.1 Å². The van der Waals surface area contributed by atoms with E-state index in [2.05, 4.69) is 19.5 Å². The van der Waals surface area contributed by atoms with Crippen LogP contribution in [0.1, 0.15) is 23.2 Å². The molecule has 0 atom stereocenters. The number of rotatable bonds is 5. The Morgan fingerprint density at radius 2 is 2.14 bits per heavy atom. The van der Waals surface area contributed by atoms with Crippen molar-refractivity contribution in [2.75, 3.05) is 7.11 Å². The van der Waals surface area contributed by atoms with Crippen molar-refractivity contribution in [3.8, 4) is 17.3 Å². The molecule has 1 aliphatic rings. The molecule has 0 aliphatic heterocycles. The molecule has 2 N–H and O–H groups in total. The third-order valence-electron chi connectivity index (χ3n) is 5.11. The number of imidazole rings is 1. The fourth-order valence-electron chi connectivity index (χ4n) is 3.53. The number of carboxylic acid groups (broad SMARTS) is 1. The number of benzene rings is 1. The van der Waals surface area contributed by atoms with Crippen LogP contribution >= 0.6 is 11.6 Å². The molecule has 3 heterocycles. The largest absolute Gasteiger partial charge is 0.494 e. The second kappa shape index (κ2) is 6.24. The van der Waals surface area contributed by atoms with Crippen molar-refractivity contribution in [3.63, 3.8) is 0 Å². The summed E-state index contributed by atoms with van der Waals surface area (Å²) in [6.45, 7) is 0.848. The number of halogens is 1. The van der Waals surface area contributed by atoms with Gasteiger partial charge in [0.25, 0.3) is 0 Å². The lowest BCUT2D eigenvalue weighted by atomic mass is 10.2. The van der Waals surface area contributed by atoms with Gasteiger partial charge in [-0.3, -0.25) is 0 Å². The molecule has 1 saturated carbocycles. The van der Waals surface area contributed by atoms with E-state index in [4.69, 9.17) is 16.3 Å². The van der Waals surface area contributed by atoms with Gasteiger partial charge in [0, 0.05) is 11.9 Å². The molecule has 3 aromatic heterocycles. The van der Waals surface area contributed by atoms with Crippen LogP contribution in [-0.4, -0.2) is 37.7 Å². The number of carboxylic acids is 1. The van der Waals surface area contributed by atoms with E-state index in [-0.39, 0.29) is 5.56 Å². The van der Waals surface area contributed by atoms with Crippen LogP contribution in [0.4, 0.5) is 0 Å². The maximum Gasteiger partial charge on any atom is 0.335 e. The molecule has 0 spiro atoms. The predicted molar refractivity (Wildman–Crippen MR) is 106 cm³/mol. The van der Waals surface area contributed by atoms with Gasteiger partial charge in [0.15, 0.2) is 5.82 Å². The van der Waals surface area contributed by atoms with Gasteiger partial charge in [-0.15, -0.1) is 0 Å². The van der Waals surface area contributed by atoms with Gasteiger partial charge in [0.1, 0.15) is 22.1 Å². The third kappa shape index (κ3) is 2.79. The molecule has 7 nitrogen and oxygen atoms in total. The Hall–Kier alpha value is -3.06. The number of nitrogens with zero attached hydrogens (tertiary/aromatic N) is 3. The number of methoxy groups -OCH3 is 1. The molecule has 1 aliphatic carbocycles. The SMILES string of the molecule is COc1cc(C(=O)O)cc2nc(-c3cc4ccc(Cl)nc4n3CC3CC3)[nH]c12. The van der Waals surface area contributed by atoms with Gasteiger partial charge in [0.05, 0.1) is 23.9 Å². The number of aromatic nitrogens is 4. The molecular formula is C20H17ClN4O3. The Morgan fingerprint density at radius 1 is 1.32 bits per heavy atom. The fourth-order valence-corrected chi connectivity index (χ4v) is 3.67. The number of fused-ring (bicyclic) bond motifs is 2. The van der Waals surface area contributed by atoms with Gasteiger partial charge < -0.3 is 19.4 Å². The number of H-pyrrole nitrogens is 1. The van der Waals surface area contributed by atoms with Crippen LogP contribution in [0.3, 0.4) is 0 Å². The van der Waals surface area contributed by atoms with Crippen LogP contribution in [-0.2, 0) is 6.54 Å². The maximum absolute atomic E-state index is 11.4. The van der Waals surface area contributed by atoms with Gasteiger partial charge >= 0.3 is 5.97 Å². The zero-order valence-electron chi connectivity index (χ0n) is 15.1. The van der Waals surface area contributed by atoms with Crippen molar-refractivity contribution in [3.05, 3.63) is 41.0 Å². The number of carbonyl (C=O) groups is 1. The number of aromatic carboxylic acids is 1. The molecule has 28 heavy (non-hydrogen) atoms. The van der Waals surface area contributed by atoms with Gasteiger partial charge in [-0.25, -0.2) is 14.8 Å². The Balaban J connectivity index is 1.73. The highest BCUT2D eigenvalue weighted by atomic mass is 35.5. The molecule has 0 saturated heterocycles. The zero-order chi connectivity index (χ0) is 19.4. The standard InChI is InChI=1S/C20H17ClN4O3/c1-28-15-8-12(20(26)27)6-13-17(15)24-18(22-13)14-7-11-4-5-16(21)23-19(11)25(14)9-10-2-3-10/h4-8,10H,2-3,9H2,1H3,(H,22,24)(H,26,27). The lowest BCUT2D eigenvalue weighted by molar-refractivity contribution is 0.0696. The minimum atomic E-state index is -1.02. The van der Waals surface area contributed by atoms with Crippen molar-refractivity contribution in [2.24, 2.45) is 5.92 Å². The summed E-state index contributed by atoms with van der Waals surface area (Å²) < 4.78 is 7.52. The van der Waals surface area contributed by atoms with E-state index in [1.807, 2.05) is 12.1 Å². The molecule has 1 fully saturated rings. The second-order valence-corrected chi connectivity index (χ2v) is 7.48. The quantitative estimate of drug-likeness (QED) is 0.489. The number of pyridine rings is 1. The highest BCUT2D eigenvalue weighted by Crippen LogP contribution is 2.36. The molecular weight excluding hydrogens is 380 g/mol. The van der Waals surface area contributed by atoms with Crippen LogP contribution in [0.25, 0.3) is 33.6 Å². The zero-order valence-corrected chi connectivity index (χ0v) is 15.8. The van der Waals surface area contributed by atoms with E-state index in [1.54, 1.807) is 12.1 Å². The third-order valence-corrected chi connectivity index (χ3v) is 5.32. The highest BCUT2D eigenvalue weighted by Gasteiger charge is 2.25. The summed E-state index contributed by atoms with van der Waals surface area (Å²) >= 11 is 6.13. The molecule has 0 amide bonds. The Bertz CT molecular complexity index is 1240. The number of nitrogens with one attached hydrogen (secondary N) is 1. The molecule has 5 rings (SSSR count). The lowest BCUT2D eigenvalue weighted by Gasteiger charge is -2.07. The van der Waals surface area contributed by atoms with E-state index in [9.17, 15) is 9.90 Å². The smallest absolute Gasteiger partial charge is 0.335 e. The summed E-state index contributed by atoms with van der Waals surface area (Å²) in [5.41, 5.74) is 3.06. The number of ether oxygens (including phenoxy) is 1. The molecule has 0 bridgehead atoms. The Labute approximate surface area is 164 Å². The first-order chi connectivity index (χ1) is 13.5. The summed E-state index contributed by atoms with van der Waals surface area (Å²) in [6.07, 6.45) is 2.41. The van der Waals surface area contributed by atoms with Crippen LogP contribution in [0.2, 0.25) is 5.15 Å². The Kier molecular flexibility index (Phi) is 3.80. The molecule has 0 unspecified atom stereocenters. The predicted octanol–water partition coefficient (Wildman–Crippen LogP) is 4.35. The highest BCUT2D eigenvalue weighted by molar-refractivity contribution is 6.29. The summed E-state index contributed by atoms with van der Waals surface area (Å²) in [4.78, 5) is 23.9. The number of aromatic amines is 1. The van der Waals surface area contributed by atoms with Crippen molar-refractivity contribution in [1.82, 2.24) is 19.5 Å². The van der Waals surface area contributed by atoms with E-state index < -0.39 is 5.97 Å². The van der Waals surface area contributed by atoms with Crippen molar-refractivity contribution >= 4 is 39.6 Å². The van der Waals surface area contributed by atoms with Crippen molar-refractivity contribution < 1.29 is 14.6 Å². The lowest BCUT2D eigenvalue weighted by Crippen LogP contribution is -2.03. The molecule has 0 radical (unpaired) electrons. The molecule has 4 aromatic rings. The number of hydrogen-bond donors (Lipinski definition) is 2. The Morgan fingerprint density at radius 3 is 2.86 bits per heavy atom. The van der Waals surface area contributed by atoms with Crippen molar-refractivity contribution in [1.29, 1.82) is 0 Å². The first-order valence-corrected chi connectivity index (χ1v) is 9.38. The maximum atomic E-state index is 11.4. The summed E-state index contributed by atoms with van der Waals surface area (Å²) in [6, 6.07) is 8.79. The van der Waals surface area contributed by atoms with E-state index >= 15 is 0 Å². The monoisotopic (exact) mass is 396 g/mol. The molecule has 142 valence electrons. The fraction of sp³-hybridized carbons (Fsp3) is 0.250. The van der Waals surface area contributed by atoms with Gasteiger partial charge in [0.2, 0.25) is 0 Å². The molecule has 8 heteroatoms. The first kappa shape index (κ1) is 17.1. The van der Waals surface area contributed by atoms with Crippen molar-refractivity contribution in [2.45, 2.75) is 19.4 Å². The topological polar surface area (TPSA) is 93.0 Å². The average molecular weight is 397 g/mol. The first-order valence-electron chi connectivity index (χ1n) is 9.00. The minimum Gasteiger partial charge on any atom is -0.494 e. The molecule has 1 aromatic carbocycles. The van der Waals surface area contributed by atoms with Gasteiger partial charge in [-0.1, -0.05) is 11.6 Å². The van der Waals surface area contributed by atoms with Crippen LogP contribution < -0.4 is 4.74 Å². The average Bonchev–Trinajstić information content (AvgIpc) is 3.28. The normalized spacial score (nSPS) is 14.1. The van der Waals surface area contributed by atoms with E-state index in [0.29, 0.717) is 33.7 Å². The van der Waals surface area contributed by atoms with Crippen LogP contribution in [0, 0.1) is 5.92 Å². The second-order valence-electron chi connectivity index (χ2n) is 7.09. The van der Waals surface area contributed by atoms with Crippen LogP contribution in [0.5, 0.6) is 5.75 Å². The van der Waals surface area contributed by atoms with Crippen LogP contribution in [0.15, 0.2) is 30.3 Å². The van der Waals surface area contributed by atoms with E-state index in [1.165, 1.54) is 26.0 Å². The summed E-state index contributed by atoms with van der Waals surface area (Å²) in [5.74, 6) is 0.699.